The number of rotatable bonds is 9. The number of hydrogen-bond acceptors (Lipinski definition) is 1. The maximum absolute atomic E-state index is 3.73. The second-order valence-corrected chi connectivity index (χ2v) is 3.78. The van der Waals surface area contributed by atoms with E-state index in [-0.39, 0.29) is 0 Å². The van der Waals surface area contributed by atoms with Gasteiger partial charge in [0, 0.05) is 13.6 Å². The highest BCUT2D eigenvalue weighted by atomic mass is 15.1. The fraction of sp³-hybridized carbons (Fsp3) is 0.833. The molecule has 0 atom stereocenters. The van der Waals surface area contributed by atoms with Crippen LogP contribution >= 0.6 is 0 Å². The zero-order valence-electron chi connectivity index (χ0n) is 9.39. The third-order valence-corrected chi connectivity index (χ3v) is 2.43. The fourth-order valence-corrected chi connectivity index (χ4v) is 1.41. The number of unbranched alkanes of at least 4 members (excludes halogenated alkanes) is 6. The molecule has 0 fully saturated rings. The molecule has 0 aliphatic rings. The molecule has 0 rings (SSSR count). The molecule has 1 nitrogen and oxygen atoms in total. The zero-order valence-corrected chi connectivity index (χ0v) is 9.39. The molecule has 0 bridgehead atoms. The lowest BCUT2D eigenvalue weighted by atomic mass is 10.1. The first kappa shape index (κ1) is 12.5. The van der Waals surface area contributed by atoms with E-state index >= 15 is 0 Å². The van der Waals surface area contributed by atoms with Gasteiger partial charge in [-0.1, -0.05) is 52.0 Å². The molecule has 0 heterocycles. The van der Waals surface area contributed by atoms with Crippen molar-refractivity contribution >= 4 is 0 Å². The lowest BCUT2D eigenvalue weighted by Crippen LogP contribution is -2.11. The predicted octanol–water partition coefficient (Wildman–Crippen LogP) is 3.81. The molecule has 78 valence electrons. The maximum Gasteiger partial charge on any atom is 0.0169 e. The van der Waals surface area contributed by atoms with Gasteiger partial charge in [0.05, 0.1) is 0 Å². The van der Waals surface area contributed by atoms with E-state index in [4.69, 9.17) is 0 Å². The first-order valence-corrected chi connectivity index (χ1v) is 5.64. The molecule has 0 aromatic rings. The molecule has 0 aliphatic heterocycles. The number of nitrogens with zero attached hydrogens (tertiary/aromatic N) is 1. The lowest BCUT2D eigenvalue weighted by Gasteiger charge is -2.12. The number of hydrogen-bond donors (Lipinski definition) is 0. The summed E-state index contributed by atoms with van der Waals surface area (Å²) in [4.78, 5) is 2.16. The molecule has 0 amide bonds. The van der Waals surface area contributed by atoms with Crippen molar-refractivity contribution in [3.8, 4) is 0 Å². The first-order chi connectivity index (χ1) is 6.31. The summed E-state index contributed by atoms with van der Waals surface area (Å²) in [5.74, 6) is 0. The van der Waals surface area contributed by atoms with Gasteiger partial charge in [-0.2, -0.15) is 0 Å². The average molecular weight is 183 g/mol. The van der Waals surface area contributed by atoms with E-state index in [1.807, 2.05) is 6.20 Å². The van der Waals surface area contributed by atoms with E-state index in [1.54, 1.807) is 0 Å². The lowest BCUT2D eigenvalue weighted by molar-refractivity contribution is 0.429. The first-order valence-electron chi connectivity index (χ1n) is 5.64. The third kappa shape index (κ3) is 9.45. The summed E-state index contributed by atoms with van der Waals surface area (Å²) in [6, 6.07) is 0. The van der Waals surface area contributed by atoms with Gasteiger partial charge >= 0.3 is 0 Å². The molecule has 0 radical (unpaired) electrons. The largest absolute Gasteiger partial charge is 0.381 e. The topological polar surface area (TPSA) is 3.24 Å². The van der Waals surface area contributed by atoms with Crippen molar-refractivity contribution in [2.45, 2.75) is 51.9 Å². The molecule has 0 N–H and O–H groups in total. The van der Waals surface area contributed by atoms with Crippen LogP contribution in [0.5, 0.6) is 0 Å². The summed E-state index contributed by atoms with van der Waals surface area (Å²) >= 11 is 0. The van der Waals surface area contributed by atoms with E-state index in [0.29, 0.717) is 0 Å². The summed E-state index contributed by atoms with van der Waals surface area (Å²) < 4.78 is 0. The van der Waals surface area contributed by atoms with Gasteiger partial charge in [-0.25, -0.2) is 0 Å². The van der Waals surface area contributed by atoms with E-state index < -0.39 is 0 Å². The smallest absolute Gasteiger partial charge is 0.0169 e. The summed E-state index contributed by atoms with van der Waals surface area (Å²) in [6.07, 6.45) is 11.6. The highest BCUT2D eigenvalue weighted by Gasteiger charge is 1.92. The Morgan fingerprint density at radius 1 is 1.00 bits per heavy atom. The highest BCUT2D eigenvalue weighted by molar-refractivity contribution is 4.65. The Bertz CT molecular complexity index is 110. The summed E-state index contributed by atoms with van der Waals surface area (Å²) in [6.45, 7) is 7.15. The Kier molecular flexibility index (Phi) is 9.29. The molecular weight excluding hydrogens is 158 g/mol. The molecule has 1 heteroatoms. The van der Waals surface area contributed by atoms with Crippen molar-refractivity contribution in [1.29, 1.82) is 0 Å². The van der Waals surface area contributed by atoms with Crippen LogP contribution in [-0.4, -0.2) is 18.5 Å². The van der Waals surface area contributed by atoms with Gasteiger partial charge in [0.1, 0.15) is 0 Å². The van der Waals surface area contributed by atoms with Crippen LogP contribution in [0.25, 0.3) is 0 Å². The second-order valence-electron chi connectivity index (χ2n) is 3.78. The van der Waals surface area contributed by atoms with E-state index in [1.165, 1.54) is 44.9 Å². The van der Waals surface area contributed by atoms with Crippen LogP contribution in [0.3, 0.4) is 0 Å². The molecule has 0 spiro atoms. The summed E-state index contributed by atoms with van der Waals surface area (Å²) in [7, 11) is 2.09. The van der Waals surface area contributed by atoms with Crippen molar-refractivity contribution in [2.24, 2.45) is 0 Å². The van der Waals surface area contributed by atoms with Crippen LogP contribution in [0, 0.1) is 0 Å². The Morgan fingerprint density at radius 3 is 2.08 bits per heavy atom. The normalized spacial score (nSPS) is 10.0. The van der Waals surface area contributed by atoms with Crippen LogP contribution in [0.1, 0.15) is 51.9 Å². The minimum atomic E-state index is 1.16. The predicted molar refractivity (Wildman–Crippen MR) is 60.8 cm³/mol. The Hall–Kier alpha value is -0.460. The summed E-state index contributed by atoms with van der Waals surface area (Å²) in [5.41, 5.74) is 0. The molecule has 0 unspecified atom stereocenters. The average Bonchev–Trinajstić information content (AvgIpc) is 2.16. The Balaban J connectivity index is 2.95. The van der Waals surface area contributed by atoms with Crippen LogP contribution in [0.15, 0.2) is 12.8 Å². The summed E-state index contributed by atoms with van der Waals surface area (Å²) in [5, 5.41) is 0. The Morgan fingerprint density at radius 2 is 1.54 bits per heavy atom. The molecule has 0 aromatic heterocycles. The van der Waals surface area contributed by atoms with Crippen molar-refractivity contribution in [3.05, 3.63) is 12.8 Å². The van der Waals surface area contributed by atoms with Crippen molar-refractivity contribution in [3.63, 3.8) is 0 Å². The minimum absolute atomic E-state index is 1.16. The molecule has 0 aliphatic carbocycles. The standard InChI is InChI=1S/C12H25N/c1-4-6-7-8-9-10-11-12-13(3)5-2/h5H,2,4,6-12H2,1,3H3. The quantitative estimate of drug-likeness (QED) is 0.491. The van der Waals surface area contributed by atoms with Crippen LogP contribution < -0.4 is 0 Å². The van der Waals surface area contributed by atoms with E-state index in [2.05, 4.69) is 25.5 Å². The highest BCUT2D eigenvalue weighted by Crippen LogP contribution is 2.06. The van der Waals surface area contributed by atoms with Gasteiger partial charge in [-0.15, -0.1) is 0 Å². The minimum Gasteiger partial charge on any atom is -0.381 e. The van der Waals surface area contributed by atoms with Crippen LogP contribution in [0.2, 0.25) is 0 Å². The van der Waals surface area contributed by atoms with Gasteiger partial charge in [-0.05, 0) is 12.6 Å². The third-order valence-electron chi connectivity index (χ3n) is 2.43. The van der Waals surface area contributed by atoms with Gasteiger partial charge in [0.25, 0.3) is 0 Å². The van der Waals surface area contributed by atoms with Crippen LogP contribution in [-0.2, 0) is 0 Å². The second kappa shape index (κ2) is 9.63. The van der Waals surface area contributed by atoms with Gasteiger partial charge in [0.15, 0.2) is 0 Å². The van der Waals surface area contributed by atoms with Gasteiger partial charge in [0.2, 0.25) is 0 Å². The van der Waals surface area contributed by atoms with Gasteiger partial charge < -0.3 is 4.90 Å². The molecular formula is C12H25N. The molecule has 0 saturated carbocycles. The zero-order chi connectivity index (χ0) is 9.94. The maximum atomic E-state index is 3.73. The van der Waals surface area contributed by atoms with Gasteiger partial charge in [-0.3, -0.25) is 0 Å². The van der Waals surface area contributed by atoms with Crippen molar-refractivity contribution in [2.75, 3.05) is 13.6 Å². The SMILES string of the molecule is C=CN(C)CCCCCCCCC. The molecule has 13 heavy (non-hydrogen) atoms. The van der Waals surface area contributed by atoms with Crippen molar-refractivity contribution < 1.29 is 0 Å². The Labute approximate surface area is 83.8 Å². The van der Waals surface area contributed by atoms with E-state index in [9.17, 15) is 0 Å². The molecule has 0 aromatic carbocycles. The van der Waals surface area contributed by atoms with Crippen molar-refractivity contribution in [1.82, 2.24) is 4.90 Å². The fourth-order valence-electron chi connectivity index (χ4n) is 1.41. The monoisotopic (exact) mass is 183 g/mol. The van der Waals surface area contributed by atoms with E-state index in [0.717, 1.165) is 6.54 Å². The molecule has 0 saturated heterocycles. The van der Waals surface area contributed by atoms with Crippen LogP contribution in [0.4, 0.5) is 0 Å².